The van der Waals surface area contributed by atoms with E-state index in [0.717, 1.165) is 46.4 Å². The summed E-state index contributed by atoms with van der Waals surface area (Å²) in [7, 11) is 7.48. The van der Waals surface area contributed by atoms with Gasteiger partial charge in [-0.2, -0.15) is 0 Å². The first-order chi connectivity index (χ1) is 9.65. The highest BCUT2D eigenvalue weighted by Gasteiger charge is 2.13. The molecular weight excluding hydrogens is 274 g/mol. The molecule has 20 heavy (non-hydrogen) atoms. The SMILES string of the molecule is COc1ccc(OC)c2sc(NCCCN(C)C)nc12. The van der Waals surface area contributed by atoms with Crippen molar-refractivity contribution in [3.8, 4) is 11.5 Å². The maximum absolute atomic E-state index is 5.38. The predicted molar refractivity (Wildman–Crippen MR) is 84.4 cm³/mol. The standard InChI is InChI=1S/C14H21N3O2S/c1-17(2)9-5-8-15-14-16-12-10(18-3)6-7-11(19-4)13(12)20-14/h6-7H,5,8-9H2,1-4H3,(H,15,16). The van der Waals surface area contributed by atoms with Crippen molar-refractivity contribution in [2.45, 2.75) is 6.42 Å². The van der Waals surface area contributed by atoms with Gasteiger partial charge in [0.05, 0.1) is 14.2 Å². The topological polar surface area (TPSA) is 46.6 Å². The van der Waals surface area contributed by atoms with Crippen LogP contribution in [-0.4, -0.2) is 51.3 Å². The highest BCUT2D eigenvalue weighted by atomic mass is 32.1. The van der Waals surface area contributed by atoms with Crippen molar-refractivity contribution < 1.29 is 9.47 Å². The molecule has 0 saturated heterocycles. The maximum Gasteiger partial charge on any atom is 0.184 e. The Balaban J connectivity index is 2.15. The highest BCUT2D eigenvalue weighted by Crippen LogP contribution is 2.38. The van der Waals surface area contributed by atoms with Crippen LogP contribution in [-0.2, 0) is 0 Å². The van der Waals surface area contributed by atoms with Crippen LogP contribution in [0, 0.1) is 0 Å². The van der Waals surface area contributed by atoms with Gasteiger partial charge in [0, 0.05) is 6.54 Å². The normalized spacial score (nSPS) is 11.1. The number of fused-ring (bicyclic) bond motifs is 1. The van der Waals surface area contributed by atoms with Crippen LogP contribution in [0.2, 0.25) is 0 Å². The van der Waals surface area contributed by atoms with Crippen molar-refractivity contribution in [1.82, 2.24) is 9.88 Å². The van der Waals surface area contributed by atoms with Crippen LogP contribution in [0.5, 0.6) is 11.5 Å². The molecule has 110 valence electrons. The molecule has 0 amide bonds. The van der Waals surface area contributed by atoms with Gasteiger partial charge in [-0.05, 0) is 39.2 Å². The number of hydrogen-bond acceptors (Lipinski definition) is 6. The lowest BCUT2D eigenvalue weighted by Crippen LogP contribution is -2.16. The van der Waals surface area contributed by atoms with E-state index in [1.165, 1.54) is 0 Å². The first kappa shape index (κ1) is 14.9. The van der Waals surface area contributed by atoms with E-state index < -0.39 is 0 Å². The van der Waals surface area contributed by atoms with E-state index in [4.69, 9.17) is 9.47 Å². The van der Waals surface area contributed by atoms with E-state index in [1.54, 1.807) is 25.6 Å². The second-order valence-corrected chi connectivity index (χ2v) is 5.75. The van der Waals surface area contributed by atoms with Crippen LogP contribution < -0.4 is 14.8 Å². The van der Waals surface area contributed by atoms with Gasteiger partial charge in [-0.15, -0.1) is 0 Å². The molecule has 0 bridgehead atoms. The molecule has 5 nitrogen and oxygen atoms in total. The van der Waals surface area contributed by atoms with Gasteiger partial charge in [0.25, 0.3) is 0 Å². The number of aromatic nitrogens is 1. The van der Waals surface area contributed by atoms with Gasteiger partial charge in [0.2, 0.25) is 0 Å². The van der Waals surface area contributed by atoms with Crippen LogP contribution in [0.25, 0.3) is 10.2 Å². The van der Waals surface area contributed by atoms with Crippen LogP contribution in [0.1, 0.15) is 6.42 Å². The highest BCUT2D eigenvalue weighted by molar-refractivity contribution is 7.22. The van der Waals surface area contributed by atoms with Gasteiger partial charge in [-0.1, -0.05) is 11.3 Å². The Morgan fingerprint density at radius 3 is 2.55 bits per heavy atom. The fraction of sp³-hybridized carbons (Fsp3) is 0.500. The second kappa shape index (κ2) is 6.76. The molecule has 1 N–H and O–H groups in total. The minimum absolute atomic E-state index is 0.776. The molecule has 2 aromatic rings. The van der Waals surface area contributed by atoms with Gasteiger partial charge in [-0.3, -0.25) is 0 Å². The van der Waals surface area contributed by atoms with Gasteiger partial charge in [0.15, 0.2) is 5.13 Å². The number of thiazole rings is 1. The van der Waals surface area contributed by atoms with E-state index in [1.807, 2.05) is 12.1 Å². The van der Waals surface area contributed by atoms with E-state index in [0.29, 0.717) is 0 Å². The Bertz CT molecular complexity index is 528. The number of methoxy groups -OCH3 is 2. The Labute approximate surface area is 123 Å². The summed E-state index contributed by atoms with van der Waals surface area (Å²) in [4.78, 5) is 6.77. The van der Waals surface area contributed by atoms with Crippen molar-refractivity contribution in [1.29, 1.82) is 0 Å². The monoisotopic (exact) mass is 295 g/mol. The fourth-order valence-electron chi connectivity index (χ4n) is 1.95. The molecule has 0 radical (unpaired) electrons. The Morgan fingerprint density at radius 1 is 1.20 bits per heavy atom. The number of nitrogens with zero attached hydrogens (tertiary/aromatic N) is 2. The Morgan fingerprint density at radius 2 is 1.90 bits per heavy atom. The molecule has 0 spiro atoms. The van der Waals surface area contributed by atoms with Gasteiger partial charge < -0.3 is 19.7 Å². The largest absolute Gasteiger partial charge is 0.495 e. The summed E-state index contributed by atoms with van der Waals surface area (Å²) in [6, 6.07) is 3.80. The van der Waals surface area contributed by atoms with Gasteiger partial charge >= 0.3 is 0 Å². The third-order valence-corrected chi connectivity index (χ3v) is 4.00. The molecule has 0 aliphatic rings. The zero-order valence-electron chi connectivity index (χ0n) is 12.4. The molecular formula is C14H21N3O2S. The van der Waals surface area contributed by atoms with Crippen LogP contribution in [0.3, 0.4) is 0 Å². The second-order valence-electron chi connectivity index (χ2n) is 4.75. The molecule has 0 aliphatic carbocycles. The maximum atomic E-state index is 5.38. The lowest BCUT2D eigenvalue weighted by atomic mass is 10.3. The average molecular weight is 295 g/mol. The summed E-state index contributed by atoms with van der Waals surface area (Å²) >= 11 is 1.60. The molecule has 1 heterocycles. The Hall–Kier alpha value is -1.53. The van der Waals surface area contributed by atoms with Crippen LogP contribution in [0.4, 0.5) is 5.13 Å². The molecule has 0 saturated carbocycles. The summed E-state index contributed by atoms with van der Waals surface area (Å²) in [6.45, 7) is 1.97. The molecule has 1 aromatic carbocycles. The minimum Gasteiger partial charge on any atom is -0.495 e. The number of ether oxygens (including phenoxy) is 2. The molecule has 6 heteroatoms. The lowest BCUT2D eigenvalue weighted by Gasteiger charge is -2.08. The van der Waals surface area contributed by atoms with Crippen molar-refractivity contribution in [2.75, 3.05) is 46.7 Å². The number of rotatable bonds is 7. The molecule has 0 aliphatic heterocycles. The predicted octanol–water partition coefficient (Wildman–Crippen LogP) is 2.68. The number of hydrogen-bond donors (Lipinski definition) is 1. The third-order valence-electron chi connectivity index (χ3n) is 2.97. The third kappa shape index (κ3) is 3.32. The summed E-state index contributed by atoms with van der Waals surface area (Å²) in [5.41, 5.74) is 0.854. The molecule has 0 atom stereocenters. The molecule has 0 unspecified atom stereocenters. The van der Waals surface area contributed by atoms with E-state index in [2.05, 4.69) is 29.3 Å². The Kier molecular flexibility index (Phi) is 5.03. The average Bonchev–Trinajstić information content (AvgIpc) is 2.86. The molecule has 0 fully saturated rings. The molecule has 1 aromatic heterocycles. The lowest BCUT2D eigenvalue weighted by molar-refractivity contribution is 0.405. The number of nitrogens with one attached hydrogen (secondary N) is 1. The van der Waals surface area contributed by atoms with Crippen molar-refractivity contribution in [3.63, 3.8) is 0 Å². The van der Waals surface area contributed by atoms with Crippen LogP contribution >= 0.6 is 11.3 Å². The summed E-state index contributed by atoms with van der Waals surface area (Å²) < 4.78 is 11.7. The number of benzene rings is 1. The quantitative estimate of drug-likeness (QED) is 0.796. The van der Waals surface area contributed by atoms with Gasteiger partial charge in [-0.25, -0.2) is 4.98 Å². The van der Waals surface area contributed by atoms with Crippen molar-refractivity contribution in [3.05, 3.63) is 12.1 Å². The zero-order chi connectivity index (χ0) is 14.5. The van der Waals surface area contributed by atoms with Crippen LogP contribution in [0.15, 0.2) is 12.1 Å². The van der Waals surface area contributed by atoms with E-state index in [-0.39, 0.29) is 0 Å². The fourth-order valence-corrected chi connectivity index (χ4v) is 2.95. The smallest absolute Gasteiger partial charge is 0.184 e. The summed E-state index contributed by atoms with van der Waals surface area (Å²) in [5.74, 6) is 1.61. The van der Waals surface area contributed by atoms with Crippen molar-refractivity contribution in [2.24, 2.45) is 0 Å². The first-order valence-corrected chi connectivity index (χ1v) is 7.37. The van der Waals surface area contributed by atoms with Crippen molar-refractivity contribution >= 4 is 26.7 Å². The minimum atomic E-state index is 0.776. The molecule has 2 rings (SSSR count). The number of anilines is 1. The first-order valence-electron chi connectivity index (χ1n) is 6.56. The summed E-state index contributed by atoms with van der Waals surface area (Å²) in [6.07, 6.45) is 1.08. The van der Waals surface area contributed by atoms with E-state index in [9.17, 15) is 0 Å². The van der Waals surface area contributed by atoms with E-state index >= 15 is 0 Å². The zero-order valence-corrected chi connectivity index (χ0v) is 13.2. The summed E-state index contributed by atoms with van der Waals surface area (Å²) in [5, 5.41) is 4.27. The van der Waals surface area contributed by atoms with Gasteiger partial charge in [0.1, 0.15) is 21.7 Å².